The van der Waals surface area contributed by atoms with Crippen LogP contribution in [-0.4, -0.2) is 63.3 Å². The molecule has 3 unspecified atom stereocenters. The van der Waals surface area contributed by atoms with Crippen LogP contribution in [0.3, 0.4) is 0 Å². The van der Waals surface area contributed by atoms with Crippen molar-refractivity contribution in [3.05, 3.63) is 23.8 Å². The minimum Gasteiger partial charge on any atom is -0.493 e. The lowest BCUT2D eigenvalue weighted by Crippen LogP contribution is -2.49. The molecule has 0 aliphatic heterocycles. The first-order chi connectivity index (χ1) is 16.8. The number of carbonyl (C=O) groups excluding carboxylic acids is 1. The standard InChI is InChI=1S/C27H47N3O5/c1-19(2)21(15-20-11-12-25(34-4)26(16-20)35-14-8-13-33-3)17-23(28)24(31)18-29-27(32)30-22-9-6-5-7-10-22/h11-12,16,19,21-24,31H,5-10,13-15,17-18,28H2,1-4H3,(H2,29,30,32). The minimum absolute atomic E-state index is 0.145. The van der Waals surface area contributed by atoms with Crippen LogP contribution < -0.4 is 25.8 Å². The molecule has 1 aromatic carbocycles. The van der Waals surface area contributed by atoms with Crippen molar-refractivity contribution in [2.45, 2.75) is 83.4 Å². The van der Waals surface area contributed by atoms with E-state index in [0.29, 0.717) is 31.3 Å². The smallest absolute Gasteiger partial charge is 0.315 e. The molecule has 0 aromatic heterocycles. The van der Waals surface area contributed by atoms with Gasteiger partial charge in [-0.1, -0.05) is 39.2 Å². The lowest BCUT2D eigenvalue weighted by Gasteiger charge is -2.28. The monoisotopic (exact) mass is 493 g/mol. The topological polar surface area (TPSA) is 115 Å². The lowest BCUT2D eigenvalue weighted by molar-refractivity contribution is 0.125. The molecule has 0 heterocycles. The van der Waals surface area contributed by atoms with Crippen molar-refractivity contribution in [2.24, 2.45) is 17.6 Å². The largest absolute Gasteiger partial charge is 0.493 e. The average molecular weight is 494 g/mol. The molecule has 1 aliphatic rings. The summed E-state index contributed by atoms with van der Waals surface area (Å²) in [5.41, 5.74) is 7.51. The summed E-state index contributed by atoms with van der Waals surface area (Å²) in [6.07, 6.45) is 7.07. The summed E-state index contributed by atoms with van der Waals surface area (Å²) in [5, 5.41) is 16.4. The second kappa shape index (κ2) is 15.9. The molecule has 3 atom stereocenters. The summed E-state index contributed by atoms with van der Waals surface area (Å²) >= 11 is 0. The summed E-state index contributed by atoms with van der Waals surface area (Å²) in [6, 6.07) is 5.59. The van der Waals surface area contributed by atoms with Gasteiger partial charge in [0, 0.05) is 38.8 Å². The Hall–Kier alpha value is -2.03. The average Bonchev–Trinajstić information content (AvgIpc) is 2.85. The number of nitrogens with one attached hydrogen (secondary N) is 2. The molecule has 2 rings (SSSR count). The molecule has 35 heavy (non-hydrogen) atoms. The third-order valence-corrected chi connectivity index (χ3v) is 6.90. The van der Waals surface area contributed by atoms with E-state index in [1.165, 1.54) is 6.42 Å². The predicted octanol–water partition coefficient (Wildman–Crippen LogP) is 3.64. The Morgan fingerprint density at radius 3 is 2.54 bits per heavy atom. The van der Waals surface area contributed by atoms with Crippen molar-refractivity contribution in [3.63, 3.8) is 0 Å². The quantitative estimate of drug-likeness (QED) is 0.277. The van der Waals surface area contributed by atoms with Gasteiger partial charge in [0.15, 0.2) is 11.5 Å². The predicted molar refractivity (Wildman–Crippen MR) is 139 cm³/mol. The van der Waals surface area contributed by atoms with Gasteiger partial charge in [-0.3, -0.25) is 0 Å². The zero-order chi connectivity index (χ0) is 25.6. The molecule has 5 N–H and O–H groups in total. The first-order valence-corrected chi connectivity index (χ1v) is 13.1. The fourth-order valence-corrected chi connectivity index (χ4v) is 4.58. The van der Waals surface area contributed by atoms with E-state index in [4.69, 9.17) is 19.9 Å². The van der Waals surface area contributed by atoms with Crippen LogP contribution in [-0.2, 0) is 11.2 Å². The molecular weight excluding hydrogens is 446 g/mol. The molecule has 8 nitrogen and oxygen atoms in total. The van der Waals surface area contributed by atoms with E-state index >= 15 is 0 Å². The molecule has 0 saturated heterocycles. The second-order valence-corrected chi connectivity index (χ2v) is 10.0. The number of amides is 2. The van der Waals surface area contributed by atoms with Gasteiger partial charge in [0.1, 0.15) is 0 Å². The van der Waals surface area contributed by atoms with Gasteiger partial charge in [0.25, 0.3) is 0 Å². The van der Waals surface area contributed by atoms with E-state index in [2.05, 4.69) is 30.5 Å². The van der Waals surface area contributed by atoms with E-state index in [-0.39, 0.29) is 24.5 Å². The Kier molecular flexibility index (Phi) is 13.2. The molecule has 2 amide bonds. The van der Waals surface area contributed by atoms with Crippen LogP contribution >= 0.6 is 0 Å². The third kappa shape index (κ3) is 10.6. The summed E-state index contributed by atoms with van der Waals surface area (Å²) in [4.78, 5) is 12.2. The number of rotatable bonds is 15. The van der Waals surface area contributed by atoms with Crippen LogP contribution in [0.1, 0.15) is 64.4 Å². The molecule has 1 fully saturated rings. The van der Waals surface area contributed by atoms with Crippen LogP contribution in [0.5, 0.6) is 11.5 Å². The molecule has 1 aromatic rings. The summed E-state index contributed by atoms with van der Waals surface area (Å²) in [6.45, 7) is 5.69. The van der Waals surface area contributed by atoms with Gasteiger partial charge in [-0.25, -0.2) is 4.79 Å². The van der Waals surface area contributed by atoms with E-state index in [9.17, 15) is 9.90 Å². The number of carbonyl (C=O) groups is 1. The number of ether oxygens (including phenoxy) is 3. The van der Waals surface area contributed by atoms with E-state index in [1.807, 2.05) is 12.1 Å². The van der Waals surface area contributed by atoms with Gasteiger partial charge < -0.3 is 35.7 Å². The van der Waals surface area contributed by atoms with Gasteiger partial charge in [-0.15, -0.1) is 0 Å². The molecule has 0 radical (unpaired) electrons. The Balaban J connectivity index is 1.87. The molecule has 0 bridgehead atoms. The van der Waals surface area contributed by atoms with Crippen molar-refractivity contribution in [1.29, 1.82) is 0 Å². The molecule has 8 heteroatoms. The zero-order valence-corrected chi connectivity index (χ0v) is 22.1. The highest BCUT2D eigenvalue weighted by Gasteiger charge is 2.24. The molecular formula is C27H47N3O5. The van der Waals surface area contributed by atoms with Crippen molar-refractivity contribution >= 4 is 6.03 Å². The number of aliphatic hydroxyl groups excluding tert-OH is 1. The van der Waals surface area contributed by atoms with Gasteiger partial charge in [0.2, 0.25) is 0 Å². The van der Waals surface area contributed by atoms with Crippen molar-refractivity contribution in [3.8, 4) is 11.5 Å². The Bertz CT molecular complexity index is 740. The maximum atomic E-state index is 12.2. The number of urea groups is 1. The van der Waals surface area contributed by atoms with Gasteiger partial charge in [0.05, 0.1) is 19.8 Å². The Morgan fingerprint density at radius 2 is 1.89 bits per heavy atom. The van der Waals surface area contributed by atoms with Crippen LogP contribution in [0.2, 0.25) is 0 Å². The van der Waals surface area contributed by atoms with Gasteiger partial charge >= 0.3 is 6.03 Å². The second-order valence-electron chi connectivity index (χ2n) is 10.0. The fourth-order valence-electron chi connectivity index (χ4n) is 4.58. The normalized spacial score (nSPS) is 17.0. The summed E-state index contributed by atoms with van der Waals surface area (Å²) < 4.78 is 16.5. The molecule has 200 valence electrons. The molecule has 0 spiro atoms. The zero-order valence-electron chi connectivity index (χ0n) is 22.1. The van der Waals surface area contributed by atoms with Crippen LogP contribution in [0.25, 0.3) is 0 Å². The van der Waals surface area contributed by atoms with Crippen LogP contribution in [0.4, 0.5) is 4.79 Å². The van der Waals surface area contributed by atoms with Crippen LogP contribution in [0, 0.1) is 11.8 Å². The Morgan fingerprint density at radius 1 is 1.14 bits per heavy atom. The number of methoxy groups -OCH3 is 2. The van der Waals surface area contributed by atoms with Gasteiger partial charge in [-0.05, 0) is 55.2 Å². The highest BCUT2D eigenvalue weighted by atomic mass is 16.5. The Labute approximate surface area is 211 Å². The van der Waals surface area contributed by atoms with E-state index < -0.39 is 12.1 Å². The lowest BCUT2D eigenvalue weighted by atomic mass is 9.83. The SMILES string of the molecule is COCCCOc1cc(CC(CC(N)C(O)CNC(=O)NC2CCCCC2)C(C)C)ccc1OC. The maximum Gasteiger partial charge on any atom is 0.315 e. The first kappa shape index (κ1) is 29.2. The van der Waals surface area contributed by atoms with E-state index in [1.54, 1.807) is 14.2 Å². The van der Waals surface area contributed by atoms with Crippen molar-refractivity contribution in [1.82, 2.24) is 10.6 Å². The summed E-state index contributed by atoms with van der Waals surface area (Å²) in [7, 11) is 3.31. The third-order valence-electron chi connectivity index (χ3n) is 6.90. The fraction of sp³-hybridized carbons (Fsp3) is 0.741. The minimum atomic E-state index is -0.802. The first-order valence-electron chi connectivity index (χ1n) is 13.1. The maximum absolute atomic E-state index is 12.2. The number of aliphatic hydroxyl groups is 1. The number of benzene rings is 1. The van der Waals surface area contributed by atoms with E-state index in [0.717, 1.165) is 49.8 Å². The highest BCUT2D eigenvalue weighted by Crippen LogP contribution is 2.31. The number of nitrogens with two attached hydrogens (primary N) is 1. The van der Waals surface area contributed by atoms with Gasteiger partial charge in [-0.2, -0.15) is 0 Å². The van der Waals surface area contributed by atoms with Crippen molar-refractivity contribution < 1.29 is 24.1 Å². The highest BCUT2D eigenvalue weighted by molar-refractivity contribution is 5.74. The molecule has 1 saturated carbocycles. The number of hydrogen-bond donors (Lipinski definition) is 4. The number of hydrogen-bond acceptors (Lipinski definition) is 6. The summed E-state index contributed by atoms with van der Waals surface area (Å²) in [5.74, 6) is 2.08. The van der Waals surface area contributed by atoms with Crippen molar-refractivity contribution in [2.75, 3.05) is 34.0 Å². The molecule has 1 aliphatic carbocycles. The van der Waals surface area contributed by atoms with Crippen LogP contribution in [0.15, 0.2) is 18.2 Å².